The Balaban J connectivity index is 1.70. The van der Waals surface area contributed by atoms with Gasteiger partial charge in [0.15, 0.2) is 18.5 Å². The van der Waals surface area contributed by atoms with Gasteiger partial charge in [0.2, 0.25) is 5.90 Å². The van der Waals surface area contributed by atoms with E-state index in [0.717, 1.165) is 31.2 Å². The maximum Gasteiger partial charge on any atom is 0.338 e. The standard InChI is InChI=1S/C26H37NO7/c1-6-8-14-30-23(28)20-21(24(29)31-15-9-7-2)34-25(33-20)18-12-10-17(11-13-18)22-27-19(16-32-22)26(3,4)5/h10-13,19-21,25H,6-9,14-16H2,1-5H3/t19-,20-,21-/m1/s1. The molecule has 34 heavy (non-hydrogen) atoms. The van der Waals surface area contributed by atoms with Gasteiger partial charge in [-0.25, -0.2) is 14.6 Å². The van der Waals surface area contributed by atoms with Gasteiger partial charge in [-0.1, -0.05) is 59.6 Å². The Bertz CT molecular complexity index is 829. The number of benzene rings is 1. The molecule has 0 aromatic heterocycles. The fourth-order valence-electron chi connectivity index (χ4n) is 3.51. The van der Waals surface area contributed by atoms with Gasteiger partial charge in [-0.05, 0) is 30.4 Å². The molecule has 1 aromatic carbocycles. The average Bonchev–Trinajstić information content (AvgIpc) is 3.47. The molecule has 3 rings (SSSR count). The third-order valence-corrected chi connectivity index (χ3v) is 5.84. The summed E-state index contributed by atoms with van der Waals surface area (Å²) in [4.78, 5) is 29.9. The molecule has 1 aromatic rings. The Morgan fingerprint density at radius 2 is 1.47 bits per heavy atom. The van der Waals surface area contributed by atoms with Gasteiger partial charge in [0.25, 0.3) is 0 Å². The van der Waals surface area contributed by atoms with Gasteiger partial charge in [-0.2, -0.15) is 0 Å². The summed E-state index contributed by atoms with van der Waals surface area (Å²) in [6.45, 7) is 11.5. The molecule has 3 atom stereocenters. The van der Waals surface area contributed by atoms with Gasteiger partial charge < -0.3 is 23.7 Å². The first-order chi connectivity index (χ1) is 16.2. The highest BCUT2D eigenvalue weighted by Crippen LogP contribution is 2.33. The monoisotopic (exact) mass is 475 g/mol. The Labute approximate surface area is 202 Å². The molecule has 0 saturated carbocycles. The molecule has 0 unspecified atom stereocenters. The minimum atomic E-state index is -1.18. The Morgan fingerprint density at radius 1 is 0.941 bits per heavy atom. The number of ether oxygens (including phenoxy) is 5. The topological polar surface area (TPSA) is 92.7 Å². The van der Waals surface area contributed by atoms with E-state index in [4.69, 9.17) is 28.7 Å². The smallest absolute Gasteiger partial charge is 0.338 e. The van der Waals surface area contributed by atoms with Crippen molar-refractivity contribution in [1.82, 2.24) is 0 Å². The molecule has 8 nitrogen and oxygen atoms in total. The van der Waals surface area contributed by atoms with E-state index in [1.54, 1.807) is 0 Å². The number of unbranched alkanes of at least 4 members (excludes halogenated alkanes) is 2. The zero-order valence-electron chi connectivity index (χ0n) is 20.9. The number of carbonyl (C=O) groups excluding carboxylic acids is 2. The highest BCUT2D eigenvalue weighted by molar-refractivity contribution is 5.95. The minimum Gasteiger partial charge on any atom is -0.475 e. The lowest BCUT2D eigenvalue weighted by molar-refractivity contribution is -0.163. The summed E-state index contributed by atoms with van der Waals surface area (Å²) in [5.41, 5.74) is 1.54. The first-order valence-corrected chi connectivity index (χ1v) is 12.2. The van der Waals surface area contributed by atoms with Crippen molar-refractivity contribution in [2.75, 3.05) is 19.8 Å². The summed E-state index contributed by atoms with van der Waals surface area (Å²) in [5, 5.41) is 0. The first-order valence-electron chi connectivity index (χ1n) is 12.2. The zero-order chi connectivity index (χ0) is 24.7. The van der Waals surface area contributed by atoms with Gasteiger partial charge >= 0.3 is 11.9 Å². The molecule has 2 aliphatic rings. The summed E-state index contributed by atoms with van der Waals surface area (Å²) in [5.74, 6) is -0.631. The van der Waals surface area contributed by atoms with Crippen LogP contribution in [0.1, 0.15) is 77.7 Å². The molecule has 0 spiro atoms. The van der Waals surface area contributed by atoms with E-state index in [9.17, 15) is 9.59 Å². The first kappa shape index (κ1) is 26.2. The highest BCUT2D eigenvalue weighted by atomic mass is 16.8. The summed E-state index contributed by atoms with van der Waals surface area (Å²) >= 11 is 0. The second kappa shape index (κ2) is 11.8. The van der Waals surface area contributed by atoms with E-state index in [1.165, 1.54) is 0 Å². The van der Waals surface area contributed by atoms with Gasteiger partial charge in [0.1, 0.15) is 6.61 Å². The van der Waals surface area contributed by atoms with Gasteiger partial charge in [-0.3, -0.25) is 0 Å². The maximum absolute atomic E-state index is 12.6. The third-order valence-electron chi connectivity index (χ3n) is 5.84. The normalized spacial score (nSPS) is 22.9. The van der Waals surface area contributed by atoms with E-state index >= 15 is 0 Å². The van der Waals surface area contributed by atoms with Crippen molar-refractivity contribution in [1.29, 1.82) is 0 Å². The molecule has 0 N–H and O–H groups in total. The maximum atomic E-state index is 12.6. The van der Waals surface area contributed by atoms with Crippen LogP contribution in [-0.2, 0) is 33.3 Å². The molecule has 2 aliphatic heterocycles. The molecule has 2 heterocycles. The summed E-state index contributed by atoms with van der Waals surface area (Å²) in [6.07, 6.45) is -0.00145. The van der Waals surface area contributed by atoms with Gasteiger partial charge in [-0.15, -0.1) is 0 Å². The van der Waals surface area contributed by atoms with Crippen molar-refractivity contribution in [3.05, 3.63) is 35.4 Å². The van der Waals surface area contributed by atoms with Crippen molar-refractivity contribution in [3.8, 4) is 0 Å². The quantitative estimate of drug-likeness (QED) is 0.367. The molecular weight excluding hydrogens is 438 g/mol. The zero-order valence-corrected chi connectivity index (χ0v) is 20.9. The van der Waals surface area contributed by atoms with Crippen LogP contribution in [0.4, 0.5) is 0 Å². The van der Waals surface area contributed by atoms with Crippen LogP contribution in [0.25, 0.3) is 0 Å². The van der Waals surface area contributed by atoms with Crippen LogP contribution in [-0.4, -0.2) is 55.9 Å². The third kappa shape index (κ3) is 6.57. The number of carbonyl (C=O) groups is 2. The molecule has 1 fully saturated rings. The minimum absolute atomic E-state index is 0.0225. The predicted octanol–water partition coefficient (Wildman–Crippen LogP) is 4.35. The largest absolute Gasteiger partial charge is 0.475 e. The number of rotatable bonds is 10. The number of esters is 2. The lowest BCUT2D eigenvalue weighted by Gasteiger charge is -2.21. The van der Waals surface area contributed by atoms with Gasteiger partial charge in [0.05, 0.1) is 19.3 Å². The van der Waals surface area contributed by atoms with Crippen LogP contribution in [0.3, 0.4) is 0 Å². The molecule has 0 amide bonds. The van der Waals surface area contributed by atoms with Crippen molar-refractivity contribution in [3.63, 3.8) is 0 Å². The SMILES string of the molecule is CCCCOC(=O)[C@@H]1OC(c2ccc(C3=N[C@@H](C(C)(C)C)CO3)cc2)O[C@H]1C(=O)OCCCC. The predicted molar refractivity (Wildman–Crippen MR) is 126 cm³/mol. The van der Waals surface area contributed by atoms with Crippen LogP contribution >= 0.6 is 0 Å². The van der Waals surface area contributed by atoms with E-state index < -0.39 is 30.4 Å². The Morgan fingerprint density at radius 3 is 1.91 bits per heavy atom. The van der Waals surface area contributed by atoms with Crippen LogP contribution in [0.15, 0.2) is 29.3 Å². The van der Waals surface area contributed by atoms with Crippen molar-refractivity contribution < 1.29 is 33.3 Å². The molecule has 1 saturated heterocycles. The number of hydrogen-bond donors (Lipinski definition) is 0. The van der Waals surface area contributed by atoms with E-state index in [2.05, 4.69) is 20.8 Å². The molecule has 0 radical (unpaired) electrons. The fourth-order valence-corrected chi connectivity index (χ4v) is 3.51. The van der Waals surface area contributed by atoms with E-state index in [1.807, 2.05) is 38.1 Å². The summed E-state index contributed by atoms with van der Waals surface area (Å²) in [6, 6.07) is 7.48. The lowest BCUT2D eigenvalue weighted by Crippen LogP contribution is -2.39. The van der Waals surface area contributed by atoms with Crippen LogP contribution in [0, 0.1) is 5.41 Å². The summed E-state index contributed by atoms with van der Waals surface area (Å²) in [7, 11) is 0. The molecular formula is C26H37NO7. The lowest BCUT2D eigenvalue weighted by atomic mass is 9.88. The van der Waals surface area contributed by atoms with Crippen molar-refractivity contribution in [2.24, 2.45) is 10.4 Å². The number of nitrogens with zero attached hydrogens (tertiary/aromatic N) is 1. The number of aliphatic imine (C=N–C) groups is 1. The Hall–Kier alpha value is -2.45. The van der Waals surface area contributed by atoms with E-state index in [-0.39, 0.29) is 24.7 Å². The average molecular weight is 476 g/mol. The second-order valence-corrected chi connectivity index (χ2v) is 9.74. The van der Waals surface area contributed by atoms with Crippen molar-refractivity contribution >= 4 is 17.8 Å². The fraction of sp³-hybridized carbons (Fsp3) is 0.654. The van der Waals surface area contributed by atoms with E-state index in [0.29, 0.717) is 18.1 Å². The Kier molecular flexibility index (Phi) is 9.08. The molecule has 0 bridgehead atoms. The van der Waals surface area contributed by atoms with Crippen LogP contribution < -0.4 is 0 Å². The molecule has 8 heteroatoms. The van der Waals surface area contributed by atoms with Crippen LogP contribution in [0.2, 0.25) is 0 Å². The molecule has 188 valence electrons. The number of hydrogen-bond acceptors (Lipinski definition) is 8. The van der Waals surface area contributed by atoms with Crippen molar-refractivity contribution in [2.45, 2.75) is 84.8 Å². The summed E-state index contributed by atoms with van der Waals surface area (Å²) < 4.78 is 28.1. The highest BCUT2D eigenvalue weighted by Gasteiger charge is 2.47. The second-order valence-electron chi connectivity index (χ2n) is 9.74. The van der Waals surface area contributed by atoms with Gasteiger partial charge in [0, 0.05) is 11.1 Å². The molecule has 0 aliphatic carbocycles. The van der Waals surface area contributed by atoms with Crippen LogP contribution in [0.5, 0.6) is 0 Å².